The van der Waals surface area contributed by atoms with Gasteiger partial charge in [0.25, 0.3) is 5.91 Å². The van der Waals surface area contributed by atoms with E-state index < -0.39 is 0 Å². The molecule has 3 nitrogen and oxygen atoms in total. The lowest BCUT2D eigenvalue weighted by atomic mass is 10.1. The molecule has 5 heteroatoms. The monoisotopic (exact) mass is 304 g/mol. The summed E-state index contributed by atoms with van der Waals surface area (Å²) >= 11 is 7.07. The van der Waals surface area contributed by atoms with Gasteiger partial charge >= 0.3 is 0 Å². The number of nitrogens with two attached hydrogens (primary N) is 1. The first-order valence-corrected chi connectivity index (χ1v) is 7.16. The van der Waals surface area contributed by atoms with Crippen molar-refractivity contribution in [3.05, 3.63) is 50.7 Å². The predicted octanol–water partition coefficient (Wildman–Crippen LogP) is 3.27. The Morgan fingerprint density at radius 3 is 2.80 bits per heavy atom. The van der Waals surface area contributed by atoms with Gasteiger partial charge in [-0.1, -0.05) is 23.4 Å². The molecule has 0 atom stereocenters. The molecule has 2 rings (SSSR count). The summed E-state index contributed by atoms with van der Waals surface area (Å²) in [5.74, 6) is 5.59. The van der Waals surface area contributed by atoms with E-state index in [2.05, 4.69) is 17.2 Å². The summed E-state index contributed by atoms with van der Waals surface area (Å²) in [6, 6.07) is 9.02. The van der Waals surface area contributed by atoms with E-state index >= 15 is 0 Å². The molecule has 0 unspecified atom stereocenters. The largest absolute Gasteiger partial charge is 0.321 e. The van der Waals surface area contributed by atoms with E-state index in [9.17, 15) is 4.79 Å². The third-order valence-electron chi connectivity index (χ3n) is 2.61. The molecule has 1 heterocycles. The first-order chi connectivity index (χ1) is 9.60. The van der Waals surface area contributed by atoms with E-state index in [0.29, 0.717) is 15.8 Å². The van der Waals surface area contributed by atoms with Crippen molar-refractivity contribution in [2.75, 3.05) is 11.9 Å². The molecule has 0 saturated carbocycles. The number of hydrogen-bond acceptors (Lipinski definition) is 3. The average Bonchev–Trinajstić information content (AvgIpc) is 2.86. The molecule has 0 aliphatic rings. The van der Waals surface area contributed by atoms with Gasteiger partial charge in [0.15, 0.2) is 0 Å². The molecule has 0 radical (unpaired) electrons. The molecule has 1 amide bonds. The van der Waals surface area contributed by atoms with Gasteiger partial charge in [-0.15, -0.1) is 11.3 Å². The zero-order valence-electron chi connectivity index (χ0n) is 10.9. The Labute approximate surface area is 126 Å². The number of hydrogen-bond donors (Lipinski definition) is 2. The van der Waals surface area contributed by atoms with Crippen LogP contribution in [0.1, 0.15) is 20.8 Å². The van der Waals surface area contributed by atoms with Gasteiger partial charge < -0.3 is 11.1 Å². The van der Waals surface area contributed by atoms with E-state index in [1.807, 2.05) is 25.1 Å². The number of carbonyl (C=O) groups excluding carboxylic acids is 1. The van der Waals surface area contributed by atoms with Crippen LogP contribution < -0.4 is 11.1 Å². The zero-order valence-corrected chi connectivity index (χ0v) is 12.4. The third-order valence-corrected chi connectivity index (χ3v) is 3.84. The highest BCUT2D eigenvalue weighted by Crippen LogP contribution is 2.23. The summed E-state index contributed by atoms with van der Waals surface area (Å²) in [5.41, 5.74) is 7.93. The zero-order chi connectivity index (χ0) is 14.5. The first-order valence-electron chi connectivity index (χ1n) is 5.96. The number of amides is 1. The van der Waals surface area contributed by atoms with Crippen molar-refractivity contribution in [1.29, 1.82) is 0 Å². The molecule has 0 aliphatic heterocycles. The van der Waals surface area contributed by atoms with Gasteiger partial charge in [0.2, 0.25) is 0 Å². The number of carbonyl (C=O) groups is 1. The van der Waals surface area contributed by atoms with Crippen LogP contribution >= 0.6 is 22.9 Å². The molecule has 1 aromatic carbocycles. The van der Waals surface area contributed by atoms with Crippen molar-refractivity contribution in [2.45, 2.75) is 6.92 Å². The summed E-state index contributed by atoms with van der Waals surface area (Å²) in [6.07, 6.45) is 0. The fourth-order valence-corrected chi connectivity index (χ4v) is 2.59. The van der Waals surface area contributed by atoms with Gasteiger partial charge in [-0.3, -0.25) is 4.79 Å². The Kier molecular flexibility index (Phi) is 4.80. The molecule has 0 aliphatic carbocycles. The van der Waals surface area contributed by atoms with Gasteiger partial charge in [-0.25, -0.2) is 0 Å². The predicted molar refractivity (Wildman–Crippen MR) is 84.4 cm³/mol. The standard InChI is InChI=1S/C15H13ClN2OS/c1-10-9-11(3-2-8-17)4-5-12(10)18-15(19)13-6-7-14(16)20-13/h4-7,9H,8,17H2,1H3,(H,18,19). The van der Waals surface area contributed by atoms with E-state index in [1.54, 1.807) is 12.1 Å². The molecule has 0 spiro atoms. The van der Waals surface area contributed by atoms with Crippen LogP contribution in [0.4, 0.5) is 5.69 Å². The lowest BCUT2D eigenvalue weighted by Gasteiger charge is -2.07. The van der Waals surface area contributed by atoms with Gasteiger partial charge in [0.1, 0.15) is 0 Å². The minimum Gasteiger partial charge on any atom is -0.321 e. The molecule has 0 bridgehead atoms. The number of anilines is 1. The van der Waals surface area contributed by atoms with Crippen molar-refractivity contribution < 1.29 is 4.79 Å². The molecule has 0 saturated heterocycles. The SMILES string of the molecule is Cc1cc(C#CCN)ccc1NC(=O)c1ccc(Cl)s1. The van der Waals surface area contributed by atoms with E-state index in [1.165, 1.54) is 11.3 Å². The van der Waals surface area contributed by atoms with Gasteiger partial charge in [-0.2, -0.15) is 0 Å². The smallest absolute Gasteiger partial charge is 0.265 e. The molecular formula is C15H13ClN2OS. The summed E-state index contributed by atoms with van der Waals surface area (Å²) < 4.78 is 0.597. The second-order valence-electron chi connectivity index (χ2n) is 4.09. The lowest BCUT2D eigenvalue weighted by molar-refractivity contribution is 0.103. The summed E-state index contributed by atoms with van der Waals surface area (Å²) in [7, 11) is 0. The van der Waals surface area contributed by atoms with E-state index in [0.717, 1.165) is 16.8 Å². The normalized spacial score (nSPS) is 9.75. The lowest BCUT2D eigenvalue weighted by Crippen LogP contribution is -2.11. The van der Waals surface area contributed by atoms with Crippen molar-refractivity contribution in [2.24, 2.45) is 5.73 Å². The topological polar surface area (TPSA) is 55.1 Å². The maximum Gasteiger partial charge on any atom is 0.265 e. The quantitative estimate of drug-likeness (QED) is 0.837. The van der Waals surface area contributed by atoms with Crippen LogP contribution in [0.5, 0.6) is 0 Å². The van der Waals surface area contributed by atoms with E-state index in [4.69, 9.17) is 17.3 Å². The maximum atomic E-state index is 12.0. The van der Waals surface area contributed by atoms with Crippen LogP contribution in [0.25, 0.3) is 0 Å². The molecular weight excluding hydrogens is 292 g/mol. The minimum absolute atomic E-state index is 0.161. The molecule has 0 fully saturated rings. The molecule has 102 valence electrons. The highest BCUT2D eigenvalue weighted by Gasteiger charge is 2.10. The van der Waals surface area contributed by atoms with E-state index in [-0.39, 0.29) is 5.91 Å². The average molecular weight is 305 g/mol. The third kappa shape index (κ3) is 3.61. The second kappa shape index (κ2) is 6.58. The van der Waals surface area contributed by atoms with Crippen LogP contribution in [0.2, 0.25) is 4.34 Å². The highest BCUT2D eigenvalue weighted by atomic mass is 35.5. The first kappa shape index (κ1) is 14.6. The van der Waals surface area contributed by atoms with Crippen molar-refractivity contribution >= 4 is 34.5 Å². The molecule has 20 heavy (non-hydrogen) atoms. The van der Waals surface area contributed by atoms with Crippen LogP contribution in [0, 0.1) is 18.8 Å². The second-order valence-corrected chi connectivity index (χ2v) is 5.81. The summed E-state index contributed by atoms with van der Waals surface area (Å²) in [5, 5.41) is 2.86. The van der Waals surface area contributed by atoms with Crippen molar-refractivity contribution in [3.8, 4) is 11.8 Å². The summed E-state index contributed by atoms with van der Waals surface area (Å²) in [4.78, 5) is 12.6. The number of thiophene rings is 1. The highest BCUT2D eigenvalue weighted by molar-refractivity contribution is 7.18. The maximum absolute atomic E-state index is 12.0. The number of aryl methyl sites for hydroxylation is 1. The van der Waals surface area contributed by atoms with Gasteiger partial charge in [0, 0.05) is 11.3 Å². The Balaban J connectivity index is 2.16. The summed E-state index contributed by atoms with van der Waals surface area (Å²) in [6.45, 7) is 2.25. The number of rotatable bonds is 2. The van der Waals surface area contributed by atoms with Crippen LogP contribution in [-0.2, 0) is 0 Å². The van der Waals surface area contributed by atoms with Crippen LogP contribution in [0.3, 0.4) is 0 Å². The fourth-order valence-electron chi connectivity index (χ4n) is 1.66. The van der Waals surface area contributed by atoms with Gasteiger partial charge in [-0.05, 0) is 42.8 Å². The van der Waals surface area contributed by atoms with Crippen molar-refractivity contribution in [1.82, 2.24) is 0 Å². The van der Waals surface area contributed by atoms with Crippen molar-refractivity contribution in [3.63, 3.8) is 0 Å². The Bertz CT molecular complexity index is 697. The van der Waals surface area contributed by atoms with Crippen LogP contribution in [-0.4, -0.2) is 12.5 Å². The Morgan fingerprint density at radius 1 is 1.40 bits per heavy atom. The Hall–Kier alpha value is -1.80. The molecule has 1 aromatic heterocycles. The minimum atomic E-state index is -0.161. The van der Waals surface area contributed by atoms with Gasteiger partial charge in [0.05, 0.1) is 15.8 Å². The number of nitrogens with one attached hydrogen (secondary N) is 1. The Morgan fingerprint density at radius 2 is 2.20 bits per heavy atom. The number of benzene rings is 1. The fraction of sp³-hybridized carbons (Fsp3) is 0.133. The molecule has 2 aromatic rings. The number of halogens is 1. The van der Waals surface area contributed by atoms with Crippen LogP contribution in [0.15, 0.2) is 30.3 Å². The molecule has 3 N–H and O–H groups in total.